The molecule has 0 bridgehead atoms. The van der Waals surface area contributed by atoms with Crippen LogP contribution in [0.4, 0.5) is 19.1 Å². The van der Waals surface area contributed by atoms with Crippen molar-refractivity contribution in [3.05, 3.63) is 30.0 Å². The van der Waals surface area contributed by atoms with E-state index in [4.69, 9.17) is 5.73 Å². The number of nitrogen functional groups attached to an aromatic ring is 1. The average Bonchev–Trinajstić information content (AvgIpc) is 2.62. The van der Waals surface area contributed by atoms with E-state index in [0.717, 1.165) is 24.4 Å². The summed E-state index contributed by atoms with van der Waals surface area (Å²) in [6, 6.07) is 3.09. The first kappa shape index (κ1) is 11.3. The Bertz CT molecular complexity index is 549. The number of rotatable bonds is 1. The van der Waals surface area contributed by atoms with Gasteiger partial charge in [-0.2, -0.15) is 13.2 Å². The normalized spacial score (nSPS) is 11.7. The molecule has 1 heterocycles. The lowest BCUT2D eigenvalue weighted by Gasteiger charge is -2.12. The van der Waals surface area contributed by atoms with Gasteiger partial charge in [0.25, 0.3) is 0 Å². The van der Waals surface area contributed by atoms with Crippen LogP contribution < -0.4 is 5.73 Å². The molecule has 1 aromatic carbocycles. The zero-order chi connectivity index (χ0) is 12.6. The molecule has 0 atom stereocenters. The van der Waals surface area contributed by atoms with Crippen molar-refractivity contribution in [1.82, 2.24) is 5.16 Å². The molecule has 0 spiro atoms. The van der Waals surface area contributed by atoms with E-state index in [0.29, 0.717) is 0 Å². The molecule has 90 valence electrons. The Hall–Kier alpha value is -2.18. The van der Waals surface area contributed by atoms with Gasteiger partial charge in [0.05, 0.1) is 17.3 Å². The van der Waals surface area contributed by atoms with Gasteiger partial charge in [-0.25, -0.2) is 0 Å². The molecular formula is C10H7F3N2O2. The third-order valence-electron chi connectivity index (χ3n) is 2.22. The van der Waals surface area contributed by atoms with Crippen LogP contribution >= 0.6 is 0 Å². The molecule has 0 saturated heterocycles. The summed E-state index contributed by atoms with van der Waals surface area (Å²) in [6.45, 7) is 0. The van der Waals surface area contributed by atoms with Gasteiger partial charge >= 0.3 is 6.18 Å². The van der Waals surface area contributed by atoms with Gasteiger partial charge in [0.2, 0.25) is 5.88 Å². The van der Waals surface area contributed by atoms with E-state index in [-0.39, 0.29) is 11.4 Å². The summed E-state index contributed by atoms with van der Waals surface area (Å²) in [5.41, 5.74) is 3.83. The summed E-state index contributed by atoms with van der Waals surface area (Å²) in [6.07, 6.45) is -3.57. The van der Waals surface area contributed by atoms with Gasteiger partial charge < -0.3 is 15.4 Å². The summed E-state index contributed by atoms with van der Waals surface area (Å²) in [7, 11) is 0. The van der Waals surface area contributed by atoms with E-state index < -0.39 is 23.1 Å². The van der Waals surface area contributed by atoms with Crippen LogP contribution in [-0.4, -0.2) is 10.3 Å². The smallest absolute Gasteiger partial charge is 0.417 e. The molecule has 4 nitrogen and oxygen atoms in total. The Labute approximate surface area is 93.4 Å². The fourth-order valence-corrected chi connectivity index (χ4v) is 1.50. The number of halogens is 3. The Kier molecular flexibility index (Phi) is 2.45. The number of aromatic nitrogens is 1. The highest BCUT2D eigenvalue weighted by atomic mass is 19.4. The zero-order valence-corrected chi connectivity index (χ0v) is 8.32. The molecule has 0 aliphatic heterocycles. The zero-order valence-electron chi connectivity index (χ0n) is 8.32. The number of hydrogen-bond acceptors (Lipinski definition) is 4. The molecule has 0 radical (unpaired) electrons. The molecule has 3 N–H and O–H groups in total. The Morgan fingerprint density at radius 1 is 1.29 bits per heavy atom. The van der Waals surface area contributed by atoms with Gasteiger partial charge in [0, 0.05) is 5.56 Å². The van der Waals surface area contributed by atoms with Crippen molar-refractivity contribution in [2.24, 2.45) is 0 Å². The standard InChI is InChI=1S/C10H7F3N2O2/c11-10(12,13)6-2-1-3-7(16)8(6)5-4-15-17-9(5)14/h1-4,16H,14H2. The predicted octanol–water partition coefficient (Wildman–Crippen LogP) is 2.65. The van der Waals surface area contributed by atoms with Crippen molar-refractivity contribution in [2.75, 3.05) is 5.73 Å². The highest BCUT2D eigenvalue weighted by Crippen LogP contribution is 2.43. The van der Waals surface area contributed by atoms with Crippen molar-refractivity contribution in [1.29, 1.82) is 0 Å². The van der Waals surface area contributed by atoms with E-state index >= 15 is 0 Å². The fourth-order valence-electron chi connectivity index (χ4n) is 1.50. The molecule has 2 rings (SSSR count). The maximum absolute atomic E-state index is 12.7. The molecule has 0 amide bonds. The highest BCUT2D eigenvalue weighted by molar-refractivity contribution is 5.79. The van der Waals surface area contributed by atoms with Crippen molar-refractivity contribution in [3.63, 3.8) is 0 Å². The van der Waals surface area contributed by atoms with Gasteiger partial charge in [-0.1, -0.05) is 11.2 Å². The summed E-state index contributed by atoms with van der Waals surface area (Å²) in [4.78, 5) is 0. The Balaban J connectivity index is 2.73. The second-order valence-corrected chi connectivity index (χ2v) is 3.30. The maximum atomic E-state index is 12.7. The van der Waals surface area contributed by atoms with Crippen LogP contribution in [0, 0.1) is 0 Å². The van der Waals surface area contributed by atoms with Crippen LogP contribution in [0.15, 0.2) is 28.9 Å². The first-order valence-corrected chi connectivity index (χ1v) is 4.51. The number of nitrogens with two attached hydrogens (primary N) is 1. The monoisotopic (exact) mass is 244 g/mol. The first-order valence-electron chi connectivity index (χ1n) is 4.51. The molecular weight excluding hydrogens is 237 g/mol. The van der Waals surface area contributed by atoms with E-state index in [9.17, 15) is 18.3 Å². The topological polar surface area (TPSA) is 72.3 Å². The van der Waals surface area contributed by atoms with Crippen LogP contribution in [0.3, 0.4) is 0 Å². The number of benzene rings is 1. The quantitative estimate of drug-likeness (QED) is 0.808. The van der Waals surface area contributed by atoms with Gasteiger partial charge in [0.15, 0.2) is 0 Å². The number of hydrogen-bond donors (Lipinski definition) is 2. The van der Waals surface area contributed by atoms with E-state index in [1.54, 1.807) is 0 Å². The lowest BCUT2D eigenvalue weighted by Crippen LogP contribution is -2.07. The van der Waals surface area contributed by atoms with Gasteiger partial charge in [-0.15, -0.1) is 0 Å². The highest BCUT2D eigenvalue weighted by Gasteiger charge is 2.35. The molecule has 0 aliphatic carbocycles. The van der Waals surface area contributed by atoms with Crippen LogP contribution in [0.5, 0.6) is 5.75 Å². The Morgan fingerprint density at radius 3 is 2.53 bits per heavy atom. The molecule has 2 aromatic rings. The first-order chi connectivity index (χ1) is 7.91. The molecule has 7 heteroatoms. The van der Waals surface area contributed by atoms with Crippen molar-refractivity contribution in [3.8, 4) is 16.9 Å². The lowest BCUT2D eigenvalue weighted by molar-refractivity contribution is -0.137. The largest absolute Gasteiger partial charge is 0.507 e. The van der Waals surface area contributed by atoms with E-state index in [2.05, 4.69) is 9.68 Å². The molecule has 0 saturated carbocycles. The maximum Gasteiger partial charge on any atom is 0.417 e. The van der Waals surface area contributed by atoms with Crippen molar-refractivity contribution < 1.29 is 22.8 Å². The van der Waals surface area contributed by atoms with E-state index in [1.807, 2.05) is 0 Å². The lowest BCUT2D eigenvalue weighted by atomic mass is 10.0. The predicted molar refractivity (Wildman–Crippen MR) is 53.0 cm³/mol. The number of anilines is 1. The number of alkyl halides is 3. The Morgan fingerprint density at radius 2 is 2.00 bits per heavy atom. The van der Waals surface area contributed by atoms with Gasteiger partial charge in [-0.3, -0.25) is 0 Å². The molecule has 17 heavy (non-hydrogen) atoms. The average molecular weight is 244 g/mol. The second kappa shape index (κ2) is 3.69. The van der Waals surface area contributed by atoms with Gasteiger partial charge in [-0.05, 0) is 12.1 Å². The third-order valence-corrected chi connectivity index (χ3v) is 2.22. The van der Waals surface area contributed by atoms with Crippen LogP contribution in [0.2, 0.25) is 0 Å². The fraction of sp³-hybridized carbons (Fsp3) is 0.100. The number of aromatic hydroxyl groups is 1. The summed E-state index contributed by atoms with van der Waals surface area (Å²) < 4.78 is 42.7. The number of phenolic OH excluding ortho intramolecular Hbond substituents is 1. The number of phenols is 1. The minimum atomic E-state index is -4.60. The van der Waals surface area contributed by atoms with Crippen LogP contribution in [0.1, 0.15) is 5.56 Å². The van der Waals surface area contributed by atoms with Crippen molar-refractivity contribution in [2.45, 2.75) is 6.18 Å². The molecule has 1 aromatic heterocycles. The summed E-state index contributed by atoms with van der Waals surface area (Å²) in [5.74, 6) is -0.813. The minimum Gasteiger partial charge on any atom is -0.507 e. The second-order valence-electron chi connectivity index (χ2n) is 3.30. The van der Waals surface area contributed by atoms with Crippen molar-refractivity contribution >= 4 is 5.88 Å². The molecule has 0 unspecified atom stereocenters. The number of nitrogens with zero attached hydrogens (tertiary/aromatic N) is 1. The van der Waals surface area contributed by atoms with Crippen LogP contribution in [0.25, 0.3) is 11.1 Å². The third kappa shape index (κ3) is 1.91. The van der Waals surface area contributed by atoms with E-state index in [1.165, 1.54) is 0 Å². The SMILES string of the molecule is Nc1oncc1-c1c(O)cccc1C(F)(F)F. The summed E-state index contributed by atoms with van der Waals surface area (Å²) >= 11 is 0. The van der Waals surface area contributed by atoms with Crippen LogP contribution in [-0.2, 0) is 6.18 Å². The molecule has 0 fully saturated rings. The van der Waals surface area contributed by atoms with Gasteiger partial charge in [0.1, 0.15) is 5.75 Å². The molecule has 0 aliphatic rings. The summed E-state index contributed by atoms with van der Waals surface area (Å²) in [5, 5.41) is 12.8. The minimum absolute atomic E-state index is 0.0876.